The Balaban J connectivity index is 1.39. The Labute approximate surface area is 192 Å². The van der Waals surface area contributed by atoms with Crippen LogP contribution in [0, 0.1) is 13.8 Å². The van der Waals surface area contributed by atoms with Gasteiger partial charge in [0, 0.05) is 12.7 Å². The number of fused-ring (bicyclic) bond motifs is 1. The second-order valence-electron chi connectivity index (χ2n) is 7.77. The lowest BCUT2D eigenvalue weighted by Gasteiger charge is -2.15. The van der Waals surface area contributed by atoms with Crippen molar-refractivity contribution in [2.45, 2.75) is 37.8 Å². The summed E-state index contributed by atoms with van der Waals surface area (Å²) in [6.45, 7) is 6.15. The SMILES string of the molecule is Cc1cccc(C)c1NC(=O)[C@@H](C)Sc1nnc(COc2ccc3ccccc3c2)n1C. The van der Waals surface area contributed by atoms with Gasteiger partial charge < -0.3 is 14.6 Å². The van der Waals surface area contributed by atoms with E-state index in [1.54, 1.807) is 0 Å². The molecule has 0 unspecified atom stereocenters. The minimum Gasteiger partial charge on any atom is -0.486 e. The zero-order valence-corrected chi connectivity index (χ0v) is 19.4. The molecule has 0 spiro atoms. The lowest BCUT2D eigenvalue weighted by Crippen LogP contribution is -2.23. The van der Waals surface area contributed by atoms with E-state index >= 15 is 0 Å². The van der Waals surface area contributed by atoms with Crippen LogP contribution in [0.3, 0.4) is 0 Å². The topological polar surface area (TPSA) is 69.0 Å². The van der Waals surface area contributed by atoms with Crippen molar-refractivity contribution in [2.75, 3.05) is 5.32 Å². The number of carbonyl (C=O) groups excluding carboxylic acids is 1. The van der Waals surface area contributed by atoms with Gasteiger partial charge in [0.2, 0.25) is 5.91 Å². The van der Waals surface area contributed by atoms with Crippen LogP contribution < -0.4 is 10.1 Å². The number of carbonyl (C=O) groups is 1. The fourth-order valence-electron chi connectivity index (χ4n) is 3.43. The summed E-state index contributed by atoms with van der Waals surface area (Å²) in [5.41, 5.74) is 2.96. The molecule has 0 aliphatic carbocycles. The van der Waals surface area contributed by atoms with E-state index in [0.29, 0.717) is 17.6 Å². The second-order valence-corrected chi connectivity index (χ2v) is 9.08. The van der Waals surface area contributed by atoms with Crippen molar-refractivity contribution < 1.29 is 9.53 Å². The molecule has 32 heavy (non-hydrogen) atoms. The number of anilines is 1. The lowest BCUT2D eigenvalue weighted by molar-refractivity contribution is -0.115. The normalized spacial score (nSPS) is 12.0. The number of para-hydroxylation sites is 1. The monoisotopic (exact) mass is 446 g/mol. The third-order valence-corrected chi connectivity index (χ3v) is 6.53. The molecule has 0 fully saturated rings. The third kappa shape index (κ3) is 4.78. The summed E-state index contributed by atoms with van der Waals surface area (Å²) in [6.07, 6.45) is 0. The minimum absolute atomic E-state index is 0.0654. The summed E-state index contributed by atoms with van der Waals surface area (Å²) in [4.78, 5) is 12.7. The van der Waals surface area contributed by atoms with Crippen molar-refractivity contribution in [2.24, 2.45) is 7.05 Å². The molecule has 0 radical (unpaired) electrons. The van der Waals surface area contributed by atoms with Gasteiger partial charge in [-0.25, -0.2) is 0 Å². The Hall–Kier alpha value is -3.32. The number of nitrogens with zero attached hydrogens (tertiary/aromatic N) is 3. The summed E-state index contributed by atoms with van der Waals surface area (Å²) in [7, 11) is 1.89. The van der Waals surface area contributed by atoms with Crippen LogP contribution in [-0.2, 0) is 18.4 Å². The van der Waals surface area contributed by atoms with Crippen LogP contribution in [0.15, 0.2) is 65.8 Å². The second kappa shape index (κ2) is 9.44. The summed E-state index contributed by atoms with van der Waals surface area (Å²) in [5.74, 6) is 1.41. The summed E-state index contributed by atoms with van der Waals surface area (Å²) in [5, 5.41) is 14.2. The number of hydrogen-bond acceptors (Lipinski definition) is 5. The Morgan fingerprint density at radius 3 is 2.50 bits per heavy atom. The molecule has 6 nitrogen and oxygen atoms in total. The quantitative estimate of drug-likeness (QED) is 0.391. The van der Waals surface area contributed by atoms with E-state index in [0.717, 1.165) is 28.0 Å². The molecule has 0 aliphatic heterocycles. The molecular formula is C25H26N4O2S. The molecule has 0 saturated heterocycles. The maximum atomic E-state index is 12.7. The van der Waals surface area contributed by atoms with E-state index in [9.17, 15) is 4.79 Å². The van der Waals surface area contributed by atoms with E-state index in [1.807, 2.05) is 80.9 Å². The third-order valence-electron chi connectivity index (χ3n) is 5.39. The van der Waals surface area contributed by atoms with Gasteiger partial charge in [0.05, 0.1) is 5.25 Å². The van der Waals surface area contributed by atoms with Crippen molar-refractivity contribution in [3.05, 3.63) is 77.6 Å². The first-order valence-electron chi connectivity index (χ1n) is 10.5. The molecule has 1 atom stereocenters. The summed E-state index contributed by atoms with van der Waals surface area (Å²) >= 11 is 1.38. The number of hydrogen-bond donors (Lipinski definition) is 1. The zero-order valence-electron chi connectivity index (χ0n) is 18.6. The van der Waals surface area contributed by atoms with Crippen molar-refractivity contribution in [3.63, 3.8) is 0 Å². The van der Waals surface area contributed by atoms with Gasteiger partial charge in [-0.15, -0.1) is 10.2 Å². The van der Waals surface area contributed by atoms with Crippen molar-refractivity contribution >= 4 is 34.1 Å². The Bertz CT molecular complexity index is 1250. The van der Waals surface area contributed by atoms with Gasteiger partial charge in [0.25, 0.3) is 0 Å². The highest BCUT2D eigenvalue weighted by molar-refractivity contribution is 8.00. The molecule has 4 aromatic rings. The van der Waals surface area contributed by atoms with Crippen molar-refractivity contribution in [1.82, 2.24) is 14.8 Å². The Morgan fingerprint density at radius 1 is 1.03 bits per heavy atom. The van der Waals surface area contributed by atoms with Crippen LogP contribution in [-0.4, -0.2) is 25.9 Å². The maximum Gasteiger partial charge on any atom is 0.237 e. The van der Waals surface area contributed by atoms with E-state index in [2.05, 4.69) is 27.6 Å². The number of benzene rings is 3. The molecule has 1 N–H and O–H groups in total. The first-order valence-corrected chi connectivity index (χ1v) is 11.3. The van der Waals surface area contributed by atoms with Crippen LogP contribution in [0.1, 0.15) is 23.9 Å². The van der Waals surface area contributed by atoms with E-state index < -0.39 is 0 Å². The highest BCUT2D eigenvalue weighted by Gasteiger charge is 2.20. The van der Waals surface area contributed by atoms with Crippen LogP contribution >= 0.6 is 11.8 Å². The van der Waals surface area contributed by atoms with E-state index in [4.69, 9.17) is 4.74 Å². The first-order chi connectivity index (χ1) is 15.4. The predicted molar refractivity (Wildman–Crippen MR) is 129 cm³/mol. The number of thioether (sulfide) groups is 1. The van der Waals surface area contributed by atoms with Crippen LogP contribution in [0.5, 0.6) is 5.75 Å². The molecule has 0 bridgehead atoms. The number of aromatic nitrogens is 3. The largest absolute Gasteiger partial charge is 0.486 e. The van der Waals surface area contributed by atoms with Gasteiger partial charge in [-0.3, -0.25) is 4.79 Å². The Morgan fingerprint density at radius 2 is 1.75 bits per heavy atom. The fourth-order valence-corrected chi connectivity index (χ4v) is 4.26. The number of rotatable bonds is 7. The van der Waals surface area contributed by atoms with Gasteiger partial charge in [-0.2, -0.15) is 0 Å². The van der Waals surface area contributed by atoms with E-state index in [1.165, 1.54) is 17.1 Å². The highest BCUT2D eigenvalue weighted by atomic mass is 32.2. The van der Waals surface area contributed by atoms with Crippen LogP contribution in [0.4, 0.5) is 5.69 Å². The molecule has 3 aromatic carbocycles. The van der Waals surface area contributed by atoms with Crippen LogP contribution in [0.2, 0.25) is 0 Å². The first kappa shape index (κ1) is 21.9. The molecule has 1 aromatic heterocycles. The zero-order chi connectivity index (χ0) is 22.7. The average Bonchev–Trinajstić information content (AvgIpc) is 3.13. The number of ether oxygens (including phenoxy) is 1. The molecule has 0 aliphatic rings. The maximum absolute atomic E-state index is 12.7. The summed E-state index contributed by atoms with van der Waals surface area (Å²) in [6, 6.07) is 20.1. The predicted octanol–water partition coefficient (Wildman–Crippen LogP) is 5.28. The molecule has 1 amide bonds. The number of aryl methyl sites for hydroxylation is 2. The number of nitrogens with one attached hydrogen (secondary N) is 1. The van der Waals surface area contributed by atoms with Gasteiger partial charge in [-0.1, -0.05) is 60.3 Å². The van der Waals surface area contributed by atoms with Crippen molar-refractivity contribution in [3.8, 4) is 5.75 Å². The van der Waals surface area contributed by atoms with Gasteiger partial charge in [0.15, 0.2) is 11.0 Å². The molecule has 4 rings (SSSR count). The smallest absolute Gasteiger partial charge is 0.237 e. The van der Waals surface area contributed by atoms with Gasteiger partial charge >= 0.3 is 0 Å². The number of amides is 1. The van der Waals surface area contributed by atoms with Crippen LogP contribution in [0.25, 0.3) is 10.8 Å². The van der Waals surface area contributed by atoms with E-state index in [-0.39, 0.29) is 11.2 Å². The van der Waals surface area contributed by atoms with Gasteiger partial charge in [0.1, 0.15) is 12.4 Å². The molecule has 1 heterocycles. The standard InChI is InChI=1S/C25H26N4O2S/c1-16-8-7-9-17(2)23(16)26-24(30)18(3)32-25-28-27-22(29(25)4)15-31-21-13-12-19-10-5-6-11-20(19)14-21/h5-14,18H,15H2,1-4H3,(H,26,30)/t18-/m1/s1. The lowest BCUT2D eigenvalue weighted by atomic mass is 10.1. The van der Waals surface area contributed by atoms with Crippen molar-refractivity contribution in [1.29, 1.82) is 0 Å². The van der Waals surface area contributed by atoms with Gasteiger partial charge in [-0.05, 0) is 54.8 Å². The molecular weight excluding hydrogens is 420 g/mol. The highest BCUT2D eigenvalue weighted by Crippen LogP contribution is 2.26. The average molecular weight is 447 g/mol. The molecule has 164 valence electrons. The molecule has 7 heteroatoms. The summed E-state index contributed by atoms with van der Waals surface area (Å²) < 4.78 is 7.81. The molecule has 0 saturated carbocycles. The Kier molecular flexibility index (Phi) is 6.46. The minimum atomic E-state index is -0.328. The fraction of sp³-hybridized carbons (Fsp3) is 0.240.